The molecular formula is C19H37N3O4S. The van der Waals surface area contributed by atoms with Crippen molar-refractivity contribution in [2.75, 3.05) is 25.4 Å². The standard InChI is InChI=1S/C19H37N3O4S/c1-4-10-22(17(9-11-23)19(25)26)18(24)8-6-7-16(14(3)5-2)21-12-15(20)13-27/h6,8,14-17,21,23,27H,4-5,7,9-13,20H2,1-3H3,(H,25,26)/t14-,15+,16-,17+/m0/s1. The van der Waals surface area contributed by atoms with Gasteiger partial charge in [0, 0.05) is 44.0 Å². The van der Waals surface area contributed by atoms with Crippen LogP contribution in [0.1, 0.15) is 46.5 Å². The van der Waals surface area contributed by atoms with E-state index in [0.717, 1.165) is 6.42 Å². The minimum Gasteiger partial charge on any atom is -0.480 e. The van der Waals surface area contributed by atoms with Crippen molar-refractivity contribution in [3.63, 3.8) is 0 Å². The van der Waals surface area contributed by atoms with Gasteiger partial charge in [0.15, 0.2) is 0 Å². The maximum absolute atomic E-state index is 12.5. The van der Waals surface area contributed by atoms with Crippen LogP contribution in [0.25, 0.3) is 0 Å². The fourth-order valence-electron chi connectivity index (χ4n) is 2.78. The number of nitrogens with zero attached hydrogens (tertiary/aromatic N) is 1. The van der Waals surface area contributed by atoms with Crippen molar-refractivity contribution in [2.24, 2.45) is 11.7 Å². The SMILES string of the molecule is CCCN(C(=O)C=CC[C@H](NC[C@@H](N)CS)[C@@H](C)CC)[C@H](CCO)C(=O)O. The molecule has 27 heavy (non-hydrogen) atoms. The highest BCUT2D eigenvalue weighted by molar-refractivity contribution is 7.80. The van der Waals surface area contributed by atoms with E-state index in [2.05, 4.69) is 31.8 Å². The van der Waals surface area contributed by atoms with Gasteiger partial charge in [0.25, 0.3) is 0 Å². The number of nitrogens with one attached hydrogen (secondary N) is 1. The van der Waals surface area contributed by atoms with Gasteiger partial charge in [0.1, 0.15) is 6.04 Å². The molecule has 0 aliphatic rings. The summed E-state index contributed by atoms with van der Waals surface area (Å²) in [6.45, 7) is 6.85. The van der Waals surface area contributed by atoms with Crippen molar-refractivity contribution in [2.45, 2.75) is 64.6 Å². The smallest absolute Gasteiger partial charge is 0.326 e. The van der Waals surface area contributed by atoms with Crippen LogP contribution in [0.15, 0.2) is 12.2 Å². The summed E-state index contributed by atoms with van der Waals surface area (Å²) < 4.78 is 0. The molecule has 0 aliphatic carbocycles. The average Bonchev–Trinajstić information content (AvgIpc) is 2.65. The van der Waals surface area contributed by atoms with Crippen molar-refractivity contribution in [1.29, 1.82) is 0 Å². The summed E-state index contributed by atoms with van der Waals surface area (Å²) in [7, 11) is 0. The van der Waals surface area contributed by atoms with Crippen molar-refractivity contribution < 1.29 is 19.8 Å². The molecule has 0 spiro atoms. The highest BCUT2D eigenvalue weighted by Gasteiger charge is 2.27. The number of nitrogens with two attached hydrogens (primary N) is 1. The fraction of sp³-hybridized carbons (Fsp3) is 0.789. The van der Waals surface area contributed by atoms with Crippen molar-refractivity contribution in [3.8, 4) is 0 Å². The molecule has 0 rings (SSSR count). The second-order valence-corrected chi connectivity index (χ2v) is 7.24. The van der Waals surface area contributed by atoms with Crippen LogP contribution in [0.3, 0.4) is 0 Å². The summed E-state index contributed by atoms with van der Waals surface area (Å²) in [4.78, 5) is 25.3. The number of carboxylic acid groups (broad SMARTS) is 1. The molecule has 0 aliphatic heterocycles. The van der Waals surface area contributed by atoms with E-state index in [9.17, 15) is 14.7 Å². The van der Waals surface area contributed by atoms with E-state index in [0.29, 0.717) is 37.6 Å². The summed E-state index contributed by atoms with van der Waals surface area (Å²) in [6, 6.07) is -0.860. The molecule has 0 unspecified atom stereocenters. The van der Waals surface area contributed by atoms with Gasteiger partial charge in [-0.1, -0.05) is 33.3 Å². The van der Waals surface area contributed by atoms with Crippen LogP contribution in [0.2, 0.25) is 0 Å². The monoisotopic (exact) mass is 403 g/mol. The molecule has 158 valence electrons. The van der Waals surface area contributed by atoms with Gasteiger partial charge in [-0.2, -0.15) is 12.6 Å². The number of thiol groups is 1. The fourth-order valence-corrected chi connectivity index (χ4v) is 2.90. The molecular weight excluding hydrogens is 366 g/mol. The Morgan fingerprint density at radius 3 is 2.48 bits per heavy atom. The molecule has 0 aromatic rings. The summed E-state index contributed by atoms with van der Waals surface area (Å²) in [5.74, 6) is -0.432. The number of hydrogen-bond acceptors (Lipinski definition) is 6. The first kappa shape index (κ1) is 25.9. The highest BCUT2D eigenvalue weighted by atomic mass is 32.1. The number of hydrogen-bond donors (Lipinski definition) is 5. The van der Waals surface area contributed by atoms with Gasteiger partial charge < -0.3 is 26.2 Å². The Hall–Kier alpha value is -1.09. The maximum atomic E-state index is 12.5. The van der Waals surface area contributed by atoms with E-state index in [4.69, 9.17) is 10.8 Å². The number of aliphatic hydroxyl groups is 1. The third-order valence-corrected chi connectivity index (χ3v) is 5.14. The van der Waals surface area contributed by atoms with Crippen LogP contribution >= 0.6 is 12.6 Å². The van der Waals surface area contributed by atoms with Gasteiger partial charge in [-0.3, -0.25) is 4.79 Å². The van der Waals surface area contributed by atoms with Gasteiger partial charge in [0.2, 0.25) is 5.91 Å². The zero-order valence-corrected chi connectivity index (χ0v) is 17.7. The van der Waals surface area contributed by atoms with Gasteiger partial charge in [-0.05, 0) is 24.8 Å². The van der Waals surface area contributed by atoms with E-state index in [1.807, 2.05) is 6.92 Å². The Balaban J connectivity index is 5.00. The van der Waals surface area contributed by atoms with Crippen LogP contribution in [-0.4, -0.2) is 70.6 Å². The lowest BCUT2D eigenvalue weighted by Gasteiger charge is -2.27. The van der Waals surface area contributed by atoms with Crippen LogP contribution in [0.4, 0.5) is 0 Å². The van der Waals surface area contributed by atoms with E-state index in [-0.39, 0.29) is 31.0 Å². The zero-order valence-electron chi connectivity index (χ0n) is 16.8. The van der Waals surface area contributed by atoms with E-state index in [1.165, 1.54) is 11.0 Å². The molecule has 5 N–H and O–H groups in total. The third kappa shape index (κ3) is 10.1. The highest BCUT2D eigenvalue weighted by Crippen LogP contribution is 2.13. The third-order valence-electron chi connectivity index (χ3n) is 4.67. The lowest BCUT2D eigenvalue weighted by atomic mass is 9.96. The second kappa shape index (κ2) is 14.9. The second-order valence-electron chi connectivity index (χ2n) is 6.88. The topological polar surface area (TPSA) is 116 Å². The van der Waals surface area contributed by atoms with E-state index >= 15 is 0 Å². The normalized spacial score (nSPS) is 16.1. The Morgan fingerprint density at radius 1 is 1.33 bits per heavy atom. The van der Waals surface area contributed by atoms with E-state index < -0.39 is 12.0 Å². The Kier molecular flexibility index (Phi) is 14.3. The Morgan fingerprint density at radius 2 is 2.00 bits per heavy atom. The van der Waals surface area contributed by atoms with Gasteiger partial charge in [-0.15, -0.1) is 0 Å². The lowest BCUT2D eigenvalue weighted by molar-refractivity contribution is -0.149. The molecule has 1 amide bonds. The first-order valence-corrected chi connectivity index (χ1v) is 10.4. The average molecular weight is 404 g/mol. The Labute approximate surface area is 168 Å². The molecule has 0 fully saturated rings. The number of carbonyl (C=O) groups is 2. The molecule has 8 heteroatoms. The molecule has 0 aromatic heterocycles. The number of rotatable bonds is 15. The molecule has 0 saturated heterocycles. The van der Waals surface area contributed by atoms with Crippen LogP contribution < -0.4 is 11.1 Å². The van der Waals surface area contributed by atoms with Crippen LogP contribution in [0.5, 0.6) is 0 Å². The lowest BCUT2D eigenvalue weighted by Crippen LogP contribution is -2.45. The summed E-state index contributed by atoms with van der Waals surface area (Å²) in [6.07, 6.45) is 5.55. The molecule has 0 heterocycles. The zero-order chi connectivity index (χ0) is 20.8. The predicted octanol–water partition coefficient (Wildman–Crippen LogP) is 1.27. The largest absolute Gasteiger partial charge is 0.480 e. The molecule has 7 nitrogen and oxygen atoms in total. The van der Waals surface area contributed by atoms with E-state index in [1.54, 1.807) is 6.08 Å². The predicted molar refractivity (Wildman–Crippen MR) is 112 cm³/mol. The molecule has 0 aromatic carbocycles. The molecule has 0 radical (unpaired) electrons. The maximum Gasteiger partial charge on any atom is 0.326 e. The Bertz CT molecular complexity index is 462. The number of carbonyl (C=O) groups excluding carboxylic acids is 1. The quantitative estimate of drug-likeness (QED) is 0.208. The van der Waals surface area contributed by atoms with Crippen LogP contribution in [-0.2, 0) is 9.59 Å². The number of carboxylic acids is 1. The summed E-state index contributed by atoms with van der Waals surface area (Å²) in [5.41, 5.74) is 5.91. The molecule has 0 saturated carbocycles. The van der Waals surface area contributed by atoms with Gasteiger partial charge >= 0.3 is 5.97 Å². The van der Waals surface area contributed by atoms with Crippen molar-refractivity contribution in [1.82, 2.24) is 10.2 Å². The summed E-state index contributed by atoms with van der Waals surface area (Å²) >= 11 is 4.19. The minimum absolute atomic E-state index is 0.0214. The van der Waals surface area contributed by atoms with Gasteiger partial charge in [-0.25, -0.2) is 4.79 Å². The summed E-state index contributed by atoms with van der Waals surface area (Å²) in [5, 5.41) is 21.9. The minimum atomic E-state index is -1.10. The van der Waals surface area contributed by atoms with Crippen molar-refractivity contribution >= 4 is 24.5 Å². The number of aliphatic hydroxyl groups excluding tert-OH is 1. The molecule has 4 atom stereocenters. The number of amides is 1. The number of aliphatic carboxylic acids is 1. The van der Waals surface area contributed by atoms with Crippen molar-refractivity contribution in [3.05, 3.63) is 12.2 Å². The first-order chi connectivity index (χ1) is 12.8. The van der Waals surface area contributed by atoms with Gasteiger partial charge in [0.05, 0.1) is 0 Å². The molecule has 0 bridgehead atoms. The van der Waals surface area contributed by atoms with Crippen LogP contribution in [0, 0.1) is 5.92 Å². The first-order valence-electron chi connectivity index (χ1n) is 9.72.